The number of nitrogens with zero attached hydrogens (tertiary/aromatic N) is 1. The van der Waals surface area contributed by atoms with Crippen LogP contribution >= 0.6 is 0 Å². The number of fused-ring (bicyclic) bond motifs is 1. The van der Waals surface area contributed by atoms with Crippen molar-refractivity contribution >= 4 is 5.91 Å². The van der Waals surface area contributed by atoms with Gasteiger partial charge < -0.3 is 14.8 Å². The molecular weight excluding hydrogens is 306 g/mol. The minimum Gasteiger partial charge on any atom is -0.353 e. The molecule has 24 heavy (non-hydrogen) atoms. The molecule has 1 saturated heterocycles. The molecule has 1 amide bonds. The van der Waals surface area contributed by atoms with Crippen molar-refractivity contribution in [2.24, 2.45) is 5.92 Å². The number of aromatic amines is 1. The van der Waals surface area contributed by atoms with Crippen LogP contribution in [0.3, 0.4) is 0 Å². The van der Waals surface area contributed by atoms with E-state index in [9.17, 15) is 4.79 Å². The van der Waals surface area contributed by atoms with Crippen LogP contribution in [0.2, 0.25) is 0 Å². The maximum atomic E-state index is 12.6. The van der Waals surface area contributed by atoms with Crippen LogP contribution in [0.4, 0.5) is 0 Å². The van der Waals surface area contributed by atoms with Crippen LogP contribution in [0.5, 0.6) is 0 Å². The van der Waals surface area contributed by atoms with E-state index in [1.54, 1.807) is 6.20 Å². The maximum absolute atomic E-state index is 12.6. The first-order valence-corrected chi connectivity index (χ1v) is 9.27. The van der Waals surface area contributed by atoms with Gasteiger partial charge in [-0.15, -0.1) is 0 Å². The number of amides is 1. The summed E-state index contributed by atoms with van der Waals surface area (Å²) in [4.78, 5) is 12.6. The van der Waals surface area contributed by atoms with Gasteiger partial charge in [-0.25, -0.2) is 0 Å². The van der Waals surface area contributed by atoms with Crippen LogP contribution < -0.4 is 5.32 Å². The summed E-state index contributed by atoms with van der Waals surface area (Å²) in [6, 6.07) is 0. The second-order valence-corrected chi connectivity index (χ2v) is 7.64. The van der Waals surface area contributed by atoms with Crippen molar-refractivity contribution in [1.29, 1.82) is 0 Å². The third-order valence-electron chi connectivity index (χ3n) is 5.82. The van der Waals surface area contributed by atoms with Gasteiger partial charge in [0.1, 0.15) is 6.10 Å². The minimum atomic E-state index is -0.384. The first-order valence-electron chi connectivity index (χ1n) is 9.27. The average molecular weight is 333 g/mol. The highest BCUT2D eigenvalue weighted by molar-refractivity contribution is 5.84. The van der Waals surface area contributed by atoms with Gasteiger partial charge in [0.05, 0.1) is 18.7 Å². The van der Waals surface area contributed by atoms with Crippen LogP contribution in [-0.2, 0) is 20.7 Å². The molecule has 1 aromatic heterocycles. The number of rotatable bonds is 3. The lowest BCUT2D eigenvalue weighted by Crippen LogP contribution is -2.39. The Labute approximate surface area is 142 Å². The normalized spacial score (nSPS) is 35.8. The Bertz CT molecular complexity index is 592. The predicted molar refractivity (Wildman–Crippen MR) is 88.5 cm³/mol. The number of hydrogen-bond donors (Lipinski definition) is 2. The average Bonchev–Trinajstić information content (AvgIpc) is 3.23. The van der Waals surface area contributed by atoms with E-state index in [0.29, 0.717) is 13.2 Å². The van der Waals surface area contributed by atoms with Crippen LogP contribution in [-0.4, -0.2) is 41.1 Å². The van der Waals surface area contributed by atoms with E-state index >= 15 is 0 Å². The van der Waals surface area contributed by atoms with Gasteiger partial charge in [0, 0.05) is 30.6 Å². The predicted octanol–water partition coefficient (Wildman–Crippen LogP) is 2.27. The van der Waals surface area contributed by atoms with Crippen molar-refractivity contribution < 1.29 is 14.3 Å². The summed E-state index contributed by atoms with van der Waals surface area (Å²) in [6.07, 6.45) is 8.93. The van der Waals surface area contributed by atoms with Gasteiger partial charge in [0.2, 0.25) is 5.91 Å². The van der Waals surface area contributed by atoms with Crippen LogP contribution in [0.1, 0.15) is 62.6 Å². The van der Waals surface area contributed by atoms with Crippen molar-refractivity contribution in [3.63, 3.8) is 0 Å². The molecule has 2 aliphatic carbocycles. The molecule has 2 heterocycles. The van der Waals surface area contributed by atoms with Crippen molar-refractivity contribution in [2.75, 3.05) is 13.2 Å². The molecule has 1 aliphatic heterocycles. The highest BCUT2D eigenvalue weighted by Crippen LogP contribution is 2.39. The molecule has 0 bridgehead atoms. The lowest BCUT2D eigenvalue weighted by atomic mass is 9.86. The van der Waals surface area contributed by atoms with E-state index < -0.39 is 0 Å². The number of aryl methyl sites for hydroxylation is 1. The fourth-order valence-corrected chi connectivity index (χ4v) is 4.25. The fraction of sp³-hybridized carbons (Fsp3) is 0.778. The lowest BCUT2D eigenvalue weighted by Gasteiger charge is -2.34. The summed E-state index contributed by atoms with van der Waals surface area (Å²) in [7, 11) is 0. The standard InChI is InChI=1S/C18H27N3O3/c1-12-5-7-18(8-6-12)23-11-13(24-18)9-19-17(22)14-3-2-4-16-15(14)10-20-21-16/h10,12-14H,2-9,11H2,1H3,(H,19,22)(H,20,21). The molecule has 2 atom stereocenters. The Balaban J connectivity index is 1.30. The van der Waals surface area contributed by atoms with Gasteiger partial charge >= 0.3 is 0 Å². The van der Waals surface area contributed by atoms with Gasteiger partial charge in [-0.05, 0) is 38.0 Å². The van der Waals surface area contributed by atoms with E-state index in [2.05, 4.69) is 22.4 Å². The minimum absolute atomic E-state index is 0.0326. The number of aromatic nitrogens is 2. The van der Waals surface area contributed by atoms with E-state index in [4.69, 9.17) is 9.47 Å². The number of nitrogens with one attached hydrogen (secondary N) is 2. The molecular formula is C18H27N3O3. The molecule has 2 N–H and O–H groups in total. The zero-order valence-electron chi connectivity index (χ0n) is 14.3. The van der Waals surface area contributed by atoms with Crippen LogP contribution in [0.25, 0.3) is 0 Å². The number of H-pyrrole nitrogens is 1. The molecule has 2 fully saturated rings. The summed E-state index contributed by atoms with van der Waals surface area (Å²) >= 11 is 0. The summed E-state index contributed by atoms with van der Waals surface area (Å²) < 4.78 is 12.2. The molecule has 132 valence electrons. The number of carbonyl (C=O) groups is 1. The summed E-state index contributed by atoms with van der Waals surface area (Å²) in [5.74, 6) is 0.375. The Morgan fingerprint density at radius 2 is 2.25 bits per heavy atom. The SMILES string of the molecule is CC1CCC2(CC1)OCC(CNC(=O)C1CCCc3[nH]ncc31)O2. The topological polar surface area (TPSA) is 76.2 Å². The Morgan fingerprint density at radius 1 is 1.42 bits per heavy atom. The number of hydrogen-bond acceptors (Lipinski definition) is 4. The molecule has 1 saturated carbocycles. The van der Waals surface area contributed by atoms with E-state index in [0.717, 1.165) is 62.1 Å². The monoisotopic (exact) mass is 333 g/mol. The molecule has 1 aromatic rings. The lowest BCUT2D eigenvalue weighted by molar-refractivity contribution is -0.191. The van der Waals surface area contributed by atoms with Crippen molar-refractivity contribution in [2.45, 2.75) is 69.7 Å². The van der Waals surface area contributed by atoms with Gasteiger partial charge in [-0.1, -0.05) is 6.92 Å². The zero-order chi connectivity index (χ0) is 16.6. The maximum Gasteiger partial charge on any atom is 0.227 e. The van der Waals surface area contributed by atoms with Gasteiger partial charge in [0.15, 0.2) is 5.79 Å². The molecule has 3 aliphatic rings. The quantitative estimate of drug-likeness (QED) is 0.890. The van der Waals surface area contributed by atoms with Crippen molar-refractivity contribution in [1.82, 2.24) is 15.5 Å². The zero-order valence-corrected chi connectivity index (χ0v) is 14.3. The summed E-state index contributed by atoms with van der Waals surface area (Å²) in [5.41, 5.74) is 2.16. The Hall–Kier alpha value is -1.40. The molecule has 6 heteroatoms. The number of carbonyl (C=O) groups excluding carboxylic acids is 1. The number of ether oxygens (including phenoxy) is 2. The second kappa shape index (κ2) is 6.48. The second-order valence-electron chi connectivity index (χ2n) is 7.64. The molecule has 4 rings (SSSR count). The molecule has 6 nitrogen and oxygen atoms in total. The Kier molecular flexibility index (Phi) is 4.35. The molecule has 1 spiro atoms. The third-order valence-corrected chi connectivity index (χ3v) is 5.82. The molecule has 0 radical (unpaired) electrons. The van der Waals surface area contributed by atoms with E-state index in [-0.39, 0.29) is 23.7 Å². The molecule has 0 aromatic carbocycles. The smallest absolute Gasteiger partial charge is 0.227 e. The summed E-state index contributed by atoms with van der Waals surface area (Å²) in [5, 5.41) is 10.2. The first kappa shape index (κ1) is 16.1. The van der Waals surface area contributed by atoms with Crippen molar-refractivity contribution in [3.8, 4) is 0 Å². The highest BCUT2D eigenvalue weighted by Gasteiger charge is 2.43. The van der Waals surface area contributed by atoms with Crippen LogP contribution in [0, 0.1) is 5.92 Å². The van der Waals surface area contributed by atoms with Crippen LogP contribution in [0.15, 0.2) is 6.20 Å². The fourth-order valence-electron chi connectivity index (χ4n) is 4.25. The van der Waals surface area contributed by atoms with Gasteiger partial charge in [0.25, 0.3) is 0 Å². The summed E-state index contributed by atoms with van der Waals surface area (Å²) in [6.45, 7) is 3.39. The first-order chi connectivity index (χ1) is 11.7. The van der Waals surface area contributed by atoms with Gasteiger partial charge in [-0.3, -0.25) is 9.89 Å². The van der Waals surface area contributed by atoms with Crippen molar-refractivity contribution in [3.05, 3.63) is 17.5 Å². The molecule has 2 unspecified atom stereocenters. The Morgan fingerprint density at radius 3 is 3.08 bits per heavy atom. The highest BCUT2D eigenvalue weighted by atomic mass is 16.7. The third kappa shape index (κ3) is 3.09. The van der Waals surface area contributed by atoms with E-state index in [1.807, 2.05) is 0 Å². The largest absolute Gasteiger partial charge is 0.353 e. The van der Waals surface area contributed by atoms with Gasteiger partial charge in [-0.2, -0.15) is 5.10 Å². The van der Waals surface area contributed by atoms with E-state index in [1.165, 1.54) is 0 Å².